The van der Waals surface area contributed by atoms with Gasteiger partial charge in [-0.2, -0.15) is 0 Å². The fraction of sp³-hybridized carbons (Fsp3) is 0.400. The molecule has 19 heavy (non-hydrogen) atoms. The van der Waals surface area contributed by atoms with Gasteiger partial charge in [0, 0.05) is 21.6 Å². The largest absolute Gasteiger partial charge is 0.469 e. The van der Waals surface area contributed by atoms with Gasteiger partial charge in [-0.1, -0.05) is 18.0 Å². The summed E-state index contributed by atoms with van der Waals surface area (Å²) in [5.74, 6) is -0.325. The molecule has 0 saturated carbocycles. The first-order valence-corrected chi connectivity index (χ1v) is 6.96. The maximum Gasteiger partial charge on any atom is 0.314 e. The molecule has 1 atom stereocenters. The van der Waals surface area contributed by atoms with Crippen molar-refractivity contribution in [2.75, 3.05) is 7.11 Å². The van der Waals surface area contributed by atoms with Crippen LogP contribution in [0.3, 0.4) is 0 Å². The number of hydrogen-bond donors (Lipinski definition) is 1. The van der Waals surface area contributed by atoms with Gasteiger partial charge in [0.25, 0.3) is 0 Å². The summed E-state index contributed by atoms with van der Waals surface area (Å²) in [4.78, 5) is 15.3. The van der Waals surface area contributed by atoms with E-state index in [4.69, 9.17) is 16.3 Å². The molecule has 1 aliphatic carbocycles. The maximum atomic E-state index is 12.0. The molecule has 2 aromatic rings. The number of ether oxygens (including phenoxy) is 1. The number of carbonyl (C=O) groups excluding carboxylic acids is 1. The lowest BCUT2D eigenvalue weighted by atomic mass is 9.99. The van der Waals surface area contributed by atoms with E-state index in [2.05, 4.69) is 4.98 Å². The Balaban J connectivity index is 2.19. The van der Waals surface area contributed by atoms with Gasteiger partial charge in [0.05, 0.1) is 13.0 Å². The number of H-pyrrole nitrogens is 1. The lowest BCUT2D eigenvalue weighted by molar-refractivity contribution is -0.142. The van der Waals surface area contributed by atoms with Gasteiger partial charge in [-0.15, -0.1) is 0 Å². The van der Waals surface area contributed by atoms with Crippen LogP contribution in [0.25, 0.3) is 10.9 Å². The van der Waals surface area contributed by atoms with Gasteiger partial charge in [0.2, 0.25) is 0 Å². The second-order valence-electron chi connectivity index (χ2n) is 5.03. The van der Waals surface area contributed by atoms with Gasteiger partial charge < -0.3 is 9.72 Å². The van der Waals surface area contributed by atoms with Crippen molar-refractivity contribution in [3.8, 4) is 0 Å². The van der Waals surface area contributed by atoms with Crippen LogP contribution in [0.4, 0.5) is 0 Å². The van der Waals surface area contributed by atoms with Crippen molar-refractivity contribution in [3.63, 3.8) is 0 Å². The lowest BCUT2D eigenvalue weighted by Gasteiger charge is -2.11. The zero-order valence-corrected chi connectivity index (χ0v) is 11.6. The zero-order valence-electron chi connectivity index (χ0n) is 10.8. The molecule has 1 aliphatic rings. The molecule has 0 radical (unpaired) electrons. The van der Waals surface area contributed by atoms with E-state index in [0.29, 0.717) is 0 Å². The number of rotatable bonds is 1. The molecule has 4 heteroatoms. The monoisotopic (exact) mass is 277 g/mol. The number of esters is 1. The summed E-state index contributed by atoms with van der Waals surface area (Å²) in [6.45, 7) is 0. The van der Waals surface area contributed by atoms with Gasteiger partial charge >= 0.3 is 5.97 Å². The third-order valence-electron chi connectivity index (χ3n) is 3.90. The Morgan fingerprint density at radius 3 is 3.05 bits per heavy atom. The molecule has 0 spiro atoms. The van der Waals surface area contributed by atoms with Crippen LogP contribution < -0.4 is 0 Å². The second-order valence-corrected chi connectivity index (χ2v) is 5.47. The molecule has 1 heterocycles. The number of nitrogens with one attached hydrogen (secondary N) is 1. The molecule has 3 rings (SSSR count). The highest BCUT2D eigenvalue weighted by atomic mass is 35.5. The molecule has 3 nitrogen and oxygen atoms in total. The van der Waals surface area contributed by atoms with Crippen LogP contribution in [0.2, 0.25) is 5.02 Å². The molecule has 0 bridgehead atoms. The second kappa shape index (κ2) is 4.89. The number of hydrogen-bond acceptors (Lipinski definition) is 2. The normalized spacial score (nSPS) is 18.9. The van der Waals surface area contributed by atoms with Crippen LogP contribution in [0.1, 0.15) is 36.4 Å². The summed E-state index contributed by atoms with van der Waals surface area (Å²) in [5, 5.41) is 1.87. The predicted octanol–water partition coefficient (Wildman–Crippen LogP) is 3.80. The molecule has 1 aromatic carbocycles. The lowest BCUT2D eigenvalue weighted by Crippen LogP contribution is -2.14. The number of methoxy groups -OCH3 is 1. The van der Waals surface area contributed by atoms with E-state index in [1.165, 1.54) is 12.7 Å². The number of benzene rings is 1. The van der Waals surface area contributed by atoms with Crippen molar-refractivity contribution >= 4 is 28.5 Å². The molecular weight excluding hydrogens is 262 g/mol. The number of aryl methyl sites for hydroxylation is 1. The molecule has 0 fully saturated rings. The van der Waals surface area contributed by atoms with Crippen molar-refractivity contribution in [3.05, 3.63) is 34.5 Å². The van der Waals surface area contributed by atoms with Crippen LogP contribution in [-0.4, -0.2) is 18.1 Å². The minimum atomic E-state index is -0.173. The van der Waals surface area contributed by atoms with Gasteiger partial charge in [-0.05, 0) is 43.0 Å². The van der Waals surface area contributed by atoms with E-state index in [1.54, 1.807) is 0 Å². The van der Waals surface area contributed by atoms with E-state index in [9.17, 15) is 4.79 Å². The Kier molecular flexibility index (Phi) is 3.23. The minimum Gasteiger partial charge on any atom is -0.469 e. The summed E-state index contributed by atoms with van der Waals surface area (Å²) in [5.41, 5.74) is 3.29. The zero-order chi connectivity index (χ0) is 13.4. The summed E-state index contributed by atoms with van der Waals surface area (Å²) >= 11 is 6.08. The van der Waals surface area contributed by atoms with Crippen molar-refractivity contribution in [1.82, 2.24) is 4.98 Å². The Morgan fingerprint density at radius 1 is 1.42 bits per heavy atom. The Morgan fingerprint density at radius 2 is 2.26 bits per heavy atom. The van der Waals surface area contributed by atoms with E-state index in [0.717, 1.165) is 47.3 Å². The van der Waals surface area contributed by atoms with E-state index < -0.39 is 0 Å². The van der Waals surface area contributed by atoms with E-state index in [1.807, 2.05) is 18.2 Å². The number of fused-ring (bicyclic) bond motifs is 3. The SMILES string of the molecule is COC(=O)C1CCCCc2c1[nH]c1ccc(Cl)cc21. The smallest absolute Gasteiger partial charge is 0.314 e. The van der Waals surface area contributed by atoms with Crippen molar-refractivity contribution in [2.45, 2.75) is 31.6 Å². The molecule has 1 unspecified atom stereocenters. The number of aromatic nitrogens is 1. The average molecular weight is 278 g/mol. The van der Waals surface area contributed by atoms with E-state index in [-0.39, 0.29) is 11.9 Å². The van der Waals surface area contributed by atoms with Crippen molar-refractivity contribution in [1.29, 1.82) is 0 Å². The predicted molar refractivity (Wildman–Crippen MR) is 75.6 cm³/mol. The van der Waals surface area contributed by atoms with Gasteiger partial charge in [-0.25, -0.2) is 0 Å². The third-order valence-corrected chi connectivity index (χ3v) is 4.14. The van der Waals surface area contributed by atoms with Crippen LogP contribution in [-0.2, 0) is 16.0 Å². The highest BCUT2D eigenvalue weighted by Gasteiger charge is 2.28. The molecule has 100 valence electrons. The van der Waals surface area contributed by atoms with Crippen LogP contribution >= 0.6 is 11.6 Å². The molecule has 1 N–H and O–H groups in total. The summed E-state index contributed by atoms with van der Waals surface area (Å²) in [7, 11) is 1.45. The minimum absolute atomic E-state index is 0.152. The molecule has 0 aliphatic heterocycles. The number of carbonyl (C=O) groups is 1. The Hall–Kier alpha value is -1.48. The first-order valence-electron chi connectivity index (χ1n) is 6.58. The maximum absolute atomic E-state index is 12.0. The van der Waals surface area contributed by atoms with Crippen molar-refractivity contribution in [2.24, 2.45) is 0 Å². The highest BCUT2D eigenvalue weighted by Crippen LogP contribution is 2.36. The summed E-state index contributed by atoms with van der Waals surface area (Å²) < 4.78 is 4.94. The Bertz CT molecular complexity index is 632. The summed E-state index contributed by atoms with van der Waals surface area (Å²) in [6, 6.07) is 5.82. The van der Waals surface area contributed by atoms with Gasteiger partial charge in [0.15, 0.2) is 0 Å². The van der Waals surface area contributed by atoms with E-state index >= 15 is 0 Å². The average Bonchev–Trinajstić information content (AvgIpc) is 2.63. The highest BCUT2D eigenvalue weighted by molar-refractivity contribution is 6.31. The molecule has 1 aromatic heterocycles. The van der Waals surface area contributed by atoms with Crippen molar-refractivity contribution < 1.29 is 9.53 Å². The number of halogens is 1. The Labute approximate surface area is 116 Å². The first-order chi connectivity index (χ1) is 9.20. The standard InChI is InChI=1S/C15H16ClNO2/c1-19-15(18)11-5-3-2-4-10-12-8-9(16)6-7-13(12)17-14(10)11/h6-8,11,17H,2-5H2,1H3. The summed E-state index contributed by atoms with van der Waals surface area (Å²) in [6.07, 6.45) is 3.98. The third kappa shape index (κ3) is 2.12. The quantitative estimate of drug-likeness (QED) is 0.636. The fourth-order valence-electron chi connectivity index (χ4n) is 2.98. The first kappa shape index (κ1) is 12.5. The topological polar surface area (TPSA) is 42.1 Å². The molecule has 0 saturated heterocycles. The molecule has 0 amide bonds. The van der Waals surface area contributed by atoms with Crippen LogP contribution in [0, 0.1) is 0 Å². The van der Waals surface area contributed by atoms with Gasteiger partial charge in [0.1, 0.15) is 0 Å². The van der Waals surface area contributed by atoms with Gasteiger partial charge in [-0.3, -0.25) is 4.79 Å². The molecular formula is C15H16ClNO2. The van der Waals surface area contributed by atoms with Crippen LogP contribution in [0.5, 0.6) is 0 Å². The number of aromatic amines is 1. The van der Waals surface area contributed by atoms with Crippen LogP contribution in [0.15, 0.2) is 18.2 Å². The fourth-order valence-corrected chi connectivity index (χ4v) is 3.15.